The van der Waals surface area contributed by atoms with Crippen molar-refractivity contribution in [3.05, 3.63) is 46.1 Å². The van der Waals surface area contributed by atoms with Gasteiger partial charge in [-0.2, -0.15) is 4.98 Å². The minimum absolute atomic E-state index is 0.0521. The topological polar surface area (TPSA) is 107 Å². The Labute approximate surface area is 178 Å². The van der Waals surface area contributed by atoms with Crippen LogP contribution in [0.25, 0.3) is 11.3 Å². The highest BCUT2D eigenvalue weighted by atomic mass is 32.1. The number of hydrogen-bond donors (Lipinski definition) is 0. The first kappa shape index (κ1) is 20.1. The molecule has 156 valence electrons. The van der Waals surface area contributed by atoms with Crippen LogP contribution >= 0.6 is 11.5 Å². The average Bonchev–Trinajstić information content (AvgIpc) is 3.30. The van der Waals surface area contributed by atoms with Gasteiger partial charge >= 0.3 is 11.6 Å². The molecule has 3 aromatic rings. The van der Waals surface area contributed by atoms with Crippen LogP contribution in [0.5, 0.6) is 11.6 Å². The van der Waals surface area contributed by atoms with Crippen LogP contribution in [-0.4, -0.2) is 37.6 Å². The first-order valence-corrected chi connectivity index (χ1v) is 10.8. The van der Waals surface area contributed by atoms with Crippen LogP contribution < -0.4 is 9.64 Å². The fourth-order valence-electron chi connectivity index (χ4n) is 3.76. The van der Waals surface area contributed by atoms with E-state index in [9.17, 15) is 10.1 Å². The molecule has 9 nitrogen and oxygen atoms in total. The molecule has 1 aliphatic rings. The molecule has 4 rings (SSSR count). The summed E-state index contributed by atoms with van der Waals surface area (Å²) in [6, 6.07) is 7.13. The van der Waals surface area contributed by atoms with E-state index in [1.54, 1.807) is 12.1 Å². The molecule has 0 amide bonds. The van der Waals surface area contributed by atoms with Gasteiger partial charge in [0.2, 0.25) is 5.82 Å². The van der Waals surface area contributed by atoms with Gasteiger partial charge in [0.1, 0.15) is 17.8 Å². The van der Waals surface area contributed by atoms with Crippen LogP contribution in [0.1, 0.15) is 32.6 Å². The standard InChI is InChI=1S/C20H22N6O3S/c1-2-3-14-8-10-25(11-9-14)19-18(26(27)28)20(22-13-21-19)29-16-6-4-15(5-7-16)17-12-30-24-23-17/h4-7,12-14H,2-3,8-11H2,1H3. The Bertz CT molecular complexity index is 988. The maximum Gasteiger partial charge on any atom is 0.373 e. The van der Waals surface area contributed by atoms with E-state index in [0.29, 0.717) is 17.5 Å². The fourth-order valence-corrected chi connectivity index (χ4v) is 4.22. The molecule has 0 radical (unpaired) electrons. The van der Waals surface area contributed by atoms with Crippen molar-refractivity contribution in [1.29, 1.82) is 0 Å². The predicted octanol–water partition coefficient (Wildman–Crippen LogP) is 4.71. The highest BCUT2D eigenvalue weighted by molar-refractivity contribution is 7.03. The molecule has 1 aromatic carbocycles. The van der Waals surface area contributed by atoms with Gasteiger partial charge in [0.25, 0.3) is 0 Å². The summed E-state index contributed by atoms with van der Waals surface area (Å²) < 4.78 is 9.63. The summed E-state index contributed by atoms with van der Waals surface area (Å²) in [5, 5.41) is 17.7. The highest BCUT2D eigenvalue weighted by Gasteiger charge is 2.31. The van der Waals surface area contributed by atoms with E-state index in [0.717, 1.165) is 43.6 Å². The number of piperidine rings is 1. The van der Waals surface area contributed by atoms with Crippen molar-refractivity contribution in [3.8, 4) is 22.9 Å². The number of hydrogen-bond acceptors (Lipinski definition) is 9. The molecule has 0 N–H and O–H groups in total. The molecule has 0 atom stereocenters. The quantitative estimate of drug-likeness (QED) is 0.395. The van der Waals surface area contributed by atoms with Gasteiger partial charge in [-0.3, -0.25) is 10.1 Å². The van der Waals surface area contributed by atoms with Crippen molar-refractivity contribution < 1.29 is 9.66 Å². The van der Waals surface area contributed by atoms with Gasteiger partial charge in [0, 0.05) is 24.0 Å². The Balaban J connectivity index is 1.55. The lowest BCUT2D eigenvalue weighted by molar-refractivity contribution is -0.385. The number of aromatic nitrogens is 4. The maximum absolute atomic E-state index is 11.9. The molecule has 1 fully saturated rings. The van der Waals surface area contributed by atoms with E-state index in [2.05, 4.69) is 26.5 Å². The fraction of sp³-hybridized carbons (Fsp3) is 0.400. The van der Waals surface area contributed by atoms with Gasteiger partial charge < -0.3 is 9.64 Å². The van der Waals surface area contributed by atoms with Crippen LogP contribution in [0.15, 0.2) is 36.0 Å². The zero-order valence-electron chi connectivity index (χ0n) is 16.6. The van der Waals surface area contributed by atoms with Crippen molar-refractivity contribution in [3.63, 3.8) is 0 Å². The number of anilines is 1. The monoisotopic (exact) mass is 426 g/mol. The third kappa shape index (κ3) is 4.38. The molecule has 0 aliphatic carbocycles. The van der Waals surface area contributed by atoms with Gasteiger partial charge in [-0.25, -0.2) is 4.98 Å². The van der Waals surface area contributed by atoms with Gasteiger partial charge in [-0.15, -0.1) is 5.10 Å². The lowest BCUT2D eigenvalue weighted by Gasteiger charge is -2.32. The molecule has 0 unspecified atom stereocenters. The lowest BCUT2D eigenvalue weighted by Crippen LogP contribution is -2.34. The Hall–Kier alpha value is -3.14. The summed E-state index contributed by atoms with van der Waals surface area (Å²) >= 11 is 1.28. The Morgan fingerprint density at radius 1 is 1.23 bits per heavy atom. The summed E-state index contributed by atoms with van der Waals surface area (Å²) in [5.41, 5.74) is 1.47. The molecule has 1 aliphatic heterocycles. The summed E-state index contributed by atoms with van der Waals surface area (Å²) in [5.74, 6) is 1.40. The van der Waals surface area contributed by atoms with Crippen molar-refractivity contribution in [1.82, 2.24) is 19.6 Å². The summed E-state index contributed by atoms with van der Waals surface area (Å²) in [4.78, 5) is 21.6. The van der Waals surface area contributed by atoms with E-state index >= 15 is 0 Å². The minimum Gasteiger partial charge on any atom is -0.434 e. The zero-order valence-corrected chi connectivity index (χ0v) is 17.4. The van der Waals surface area contributed by atoms with Crippen molar-refractivity contribution >= 4 is 23.0 Å². The summed E-state index contributed by atoms with van der Waals surface area (Å²) in [7, 11) is 0. The largest absolute Gasteiger partial charge is 0.434 e. The minimum atomic E-state index is -0.460. The number of rotatable bonds is 7. The third-order valence-corrected chi connectivity index (χ3v) is 5.79. The number of ether oxygens (including phenoxy) is 1. The van der Waals surface area contributed by atoms with Crippen molar-refractivity contribution in [2.24, 2.45) is 5.92 Å². The number of benzene rings is 1. The Morgan fingerprint density at radius 2 is 2.00 bits per heavy atom. The second-order valence-electron chi connectivity index (χ2n) is 7.24. The molecular weight excluding hydrogens is 404 g/mol. The molecule has 1 saturated heterocycles. The molecule has 2 aromatic heterocycles. The van der Waals surface area contributed by atoms with Gasteiger partial charge in [0.05, 0.1) is 4.92 Å². The van der Waals surface area contributed by atoms with E-state index < -0.39 is 4.92 Å². The summed E-state index contributed by atoms with van der Waals surface area (Å²) in [6.45, 7) is 3.68. The van der Waals surface area contributed by atoms with E-state index in [1.807, 2.05) is 22.4 Å². The zero-order chi connectivity index (χ0) is 20.9. The second kappa shape index (κ2) is 9.12. The first-order chi connectivity index (χ1) is 14.7. The van der Waals surface area contributed by atoms with Crippen molar-refractivity contribution in [2.75, 3.05) is 18.0 Å². The lowest BCUT2D eigenvalue weighted by atomic mass is 9.92. The normalized spacial score (nSPS) is 14.6. The summed E-state index contributed by atoms with van der Waals surface area (Å²) in [6.07, 6.45) is 5.70. The molecule has 0 bridgehead atoms. The Morgan fingerprint density at radius 3 is 2.63 bits per heavy atom. The van der Waals surface area contributed by atoms with Crippen LogP contribution in [0.3, 0.4) is 0 Å². The second-order valence-corrected chi connectivity index (χ2v) is 7.85. The van der Waals surface area contributed by atoms with Crippen molar-refractivity contribution in [2.45, 2.75) is 32.6 Å². The molecule has 30 heavy (non-hydrogen) atoms. The number of nitro groups is 1. The van der Waals surface area contributed by atoms with Gasteiger partial charge in [-0.1, -0.05) is 24.3 Å². The smallest absolute Gasteiger partial charge is 0.373 e. The van der Waals surface area contributed by atoms with E-state index in [4.69, 9.17) is 4.74 Å². The van der Waals surface area contributed by atoms with Crippen LogP contribution in [0, 0.1) is 16.0 Å². The molecule has 3 heterocycles. The molecule has 0 spiro atoms. The molecule has 10 heteroatoms. The van der Waals surface area contributed by atoms with Crippen LogP contribution in [0.4, 0.5) is 11.5 Å². The van der Waals surface area contributed by atoms with Crippen LogP contribution in [-0.2, 0) is 0 Å². The van der Waals surface area contributed by atoms with Gasteiger partial charge in [0.15, 0.2) is 0 Å². The van der Waals surface area contributed by atoms with Crippen LogP contribution in [0.2, 0.25) is 0 Å². The van der Waals surface area contributed by atoms with E-state index in [1.165, 1.54) is 24.3 Å². The Kier molecular flexibility index (Phi) is 6.12. The molecular formula is C20H22N6O3S. The average molecular weight is 427 g/mol. The third-order valence-electron chi connectivity index (χ3n) is 5.29. The maximum atomic E-state index is 11.9. The number of nitrogens with zero attached hydrogens (tertiary/aromatic N) is 6. The van der Waals surface area contributed by atoms with Gasteiger partial charge in [-0.05, 0) is 54.6 Å². The molecule has 0 saturated carbocycles. The predicted molar refractivity (Wildman–Crippen MR) is 114 cm³/mol. The SMILES string of the molecule is CCCC1CCN(c2ncnc(Oc3ccc(-c4csnn4)cc3)c2[N+](=O)[O-])CC1. The van der Waals surface area contributed by atoms with E-state index in [-0.39, 0.29) is 11.6 Å². The first-order valence-electron chi connectivity index (χ1n) is 9.95. The highest BCUT2D eigenvalue weighted by Crippen LogP contribution is 2.38.